The zero-order chi connectivity index (χ0) is 25.8. The normalized spacial score (nSPS) is 16.8. The summed E-state index contributed by atoms with van der Waals surface area (Å²) in [4.78, 5) is 22.1. The fourth-order valence-corrected chi connectivity index (χ4v) is 5.40. The first kappa shape index (κ1) is 25.2. The molecule has 37 heavy (non-hydrogen) atoms. The molecule has 0 unspecified atom stereocenters. The molecule has 5 rings (SSSR count). The molecule has 1 amide bonds. The predicted molar refractivity (Wildman–Crippen MR) is 152 cm³/mol. The number of ether oxygens (including phenoxy) is 2. The Balaban J connectivity index is 1.21. The Morgan fingerprint density at radius 3 is 2.46 bits per heavy atom. The number of carbonyl (C=O) groups excluding carboxylic acids is 1. The average molecular weight is 534 g/mol. The summed E-state index contributed by atoms with van der Waals surface area (Å²) < 4.78 is 11.5. The fourth-order valence-electron chi connectivity index (χ4n) is 4.25. The molecule has 6 nitrogen and oxygen atoms in total. The first-order chi connectivity index (χ1) is 18.0. The minimum absolute atomic E-state index is 0.212. The van der Waals surface area contributed by atoms with Crippen LogP contribution < -0.4 is 14.4 Å². The van der Waals surface area contributed by atoms with E-state index in [1.165, 1.54) is 17.3 Å². The second kappa shape index (κ2) is 11.3. The van der Waals surface area contributed by atoms with Crippen LogP contribution in [0.1, 0.15) is 16.7 Å². The number of thioether (sulfide) groups is 1. The Bertz CT molecular complexity index is 1350. The minimum atomic E-state index is -0.212. The summed E-state index contributed by atoms with van der Waals surface area (Å²) in [6.07, 6.45) is 1.86. The number of benzene rings is 3. The number of carbonyl (C=O) groups is 1. The number of amidine groups is 1. The molecule has 2 aliphatic rings. The molecular weight excluding hydrogens is 506 g/mol. The third-order valence-corrected chi connectivity index (χ3v) is 7.61. The summed E-state index contributed by atoms with van der Waals surface area (Å²) in [7, 11) is 1.62. The van der Waals surface area contributed by atoms with Crippen molar-refractivity contribution >= 4 is 46.2 Å². The van der Waals surface area contributed by atoms with Gasteiger partial charge in [0.1, 0.15) is 6.61 Å². The van der Waals surface area contributed by atoms with Gasteiger partial charge in [0.15, 0.2) is 16.7 Å². The SMILES string of the molecule is COc1cc(/C=C2\SC(N3CCN(c4cccc(Cl)c4)CC3)=NC2=O)ccc1OCc1ccc(C)cc1. The summed E-state index contributed by atoms with van der Waals surface area (Å²) in [5.41, 5.74) is 4.28. The van der Waals surface area contributed by atoms with E-state index in [0.717, 1.165) is 53.2 Å². The Labute approximate surface area is 226 Å². The molecule has 0 spiro atoms. The third-order valence-electron chi connectivity index (χ3n) is 6.33. The van der Waals surface area contributed by atoms with Crippen molar-refractivity contribution in [2.75, 3.05) is 38.2 Å². The second-order valence-electron chi connectivity index (χ2n) is 8.95. The lowest BCUT2D eigenvalue weighted by molar-refractivity contribution is -0.113. The van der Waals surface area contributed by atoms with Crippen LogP contribution in [0.15, 0.2) is 76.6 Å². The summed E-state index contributed by atoms with van der Waals surface area (Å²) in [5.74, 6) is 1.07. The standard InChI is InChI=1S/C29H28ClN3O3S/c1-20-6-8-21(9-7-20)19-36-25-11-10-22(16-26(25)35-2)17-27-28(34)31-29(37-27)33-14-12-32(13-15-33)24-5-3-4-23(30)18-24/h3-11,16-18H,12-15,19H2,1-2H3/b27-17-. The van der Waals surface area contributed by atoms with Crippen molar-refractivity contribution in [1.29, 1.82) is 0 Å². The van der Waals surface area contributed by atoms with E-state index in [9.17, 15) is 4.79 Å². The van der Waals surface area contributed by atoms with Gasteiger partial charge in [-0.05, 0) is 66.2 Å². The zero-order valence-electron chi connectivity index (χ0n) is 20.8. The molecule has 0 bridgehead atoms. The molecule has 0 atom stereocenters. The van der Waals surface area contributed by atoms with Gasteiger partial charge in [-0.25, -0.2) is 0 Å². The zero-order valence-corrected chi connectivity index (χ0v) is 22.4. The van der Waals surface area contributed by atoms with Crippen molar-refractivity contribution in [3.63, 3.8) is 0 Å². The summed E-state index contributed by atoms with van der Waals surface area (Å²) in [6, 6.07) is 21.8. The molecule has 0 aliphatic carbocycles. The Hall–Kier alpha value is -3.42. The van der Waals surface area contributed by atoms with E-state index in [-0.39, 0.29) is 5.91 Å². The topological polar surface area (TPSA) is 54.4 Å². The van der Waals surface area contributed by atoms with Crippen LogP contribution in [-0.4, -0.2) is 49.3 Å². The van der Waals surface area contributed by atoms with Crippen LogP contribution in [0.2, 0.25) is 5.02 Å². The molecule has 0 radical (unpaired) electrons. The highest BCUT2D eigenvalue weighted by Crippen LogP contribution is 2.34. The van der Waals surface area contributed by atoms with Gasteiger partial charge in [0.25, 0.3) is 5.91 Å². The van der Waals surface area contributed by atoms with Crippen molar-refractivity contribution in [3.8, 4) is 11.5 Å². The lowest BCUT2D eigenvalue weighted by atomic mass is 10.1. The first-order valence-electron chi connectivity index (χ1n) is 12.1. The maximum Gasteiger partial charge on any atom is 0.286 e. The van der Waals surface area contributed by atoms with Gasteiger partial charge >= 0.3 is 0 Å². The van der Waals surface area contributed by atoms with Crippen LogP contribution in [0.5, 0.6) is 11.5 Å². The molecule has 0 saturated carbocycles. The number of hydrogen-bond acceptors (Lipinski definition) is 6. The van der Waals surface area contributed by atoms with Crippen LogP contribution in [0.3, 0.4) is 0 Å². The first-order valence-corrected chi connectivity index (χ1v) is 13.3. The van der Waals surface area contributed by atoms with Crippen molar-refractivity contribution < 1.29 is 14.3 Å². The van der Waals surface area contributed by atoms with Gasteiger partial charge in [-0.2, -0.15) is 4.99 Å². The molecule has 0 N–H and O–H groups in total. The van der Waals surface area contributed by atoms with Gasteiger partial charge in [0, 0.05) is 36.9 Å². The second-order valence-corrected chi connectivity index (χ2v) is 10.4. The van der Waals surface area contributed by atoms with Gasteiger partial charge < -0.3 is 19.3 Å². The highest BCUT2D eigenvalue weighted by molar-refractivity contribution is 8.18. The highest BCUT2D eigenvalue weighted by Gasteiger charge is 2.28. The largest absolute Gasteiger partial charge is 0.493 e. The molecule has 3 aromatic rings. The maximum atomic E-state index is 12.7. The monoisotopic (exact) mass is 533 g/mol. The average Bonchev–Trinajstić information content (AvgIpc) is 3.28. The van der Waals surface area contributed by atoms with Crippen LogP contribution in [0.25, 0.3) is 6.08 Å². The summed E-state index contributed by atoms with van der Waals surface area (Å²) >= 11 is 7.57. The van der Waals surface area contributed by atoms with Crippen LogP contribution in [-0.2, 0) is 11.4 Å². The number of rotatable bonds is 6. The highest BCUT2D eigenvalue weighted by atomic mass is 35.5. The van der Waals surface area contributed by atoms with Gasteiger partial charge in [0.05, 0.1) is 12.0 Å². The molecule has 8 heteroatoms. The van der Waals surface area contributed by atoms with E-state index in [1.54, 1.807) is 7.11 Å². The molecule has 2 aliphatic heterocycles. The Kier molecular flexibility index (Phi) is 7.72. The van der Waals surface area contributed by atoms with E-state index < -0.39 is 0 Å². The molecular formula is C29H28ClN3O3S. The molecule has 1 saturated heterocycles. The van der Waals surface area contributed by atoms with Crippen LogP contribution in [0, 0.1) is 6.92 Å². The smallest absolute Gasteiger partial charge is 0.286 e. The minimum Gasteiger partial charge on any atom is -0.493 e. The number of halogens is 1. The third kappa shape index (κ3) is 6.12. The fraction of sp³-hybridized carbons (Fsp3) is 0.241. The van der Waals surface area contributed by atoms with Crippen LogP contribution >= 0.6 is 23.4 Å². The molecule has 2 heterocycles. The van der Waals surface area contributed by atoms with E-state index >= 15 is 0 Å². The van der Waals surface area contributed by atoms with E-state index in [0.29, 0.717) is 23.0 Å². The van der Waals surface area contributed by atoms with Crippen LogP contribution in [0.4, 0.5) is 5.69 Å². The van der Waals surface area contributed by atoms with Crippen molar-refractivity contribution in [2.24, 2.45) is 4.99 Å². The number of amides is 1. The molecule has 0 aromatic heterocycles. The lowest BCUT2D eigenvalue weighted by Crippen LogP contribution is -2.47. The van der Waals surface area contributed by atoms with Crippen molar-refractivity contribution in [1.82, 2.24) is 4.90 Å². The number of aryl methyl sites for hydroxylation is 1. The van der Waals surface area contributed by atoms with E-state index in [4.69, 9.17) is 21.1 Å². The maximum absolute atomic E-state index is 12.7. The van der Waals surface area contributed by atoms with Gasteiger partial charge in [-0.3, -0.25) is 4.79 Å². The number of anilines is 1. The lowest BCUT2D eigenvalue weighted by Gasteiger charge is -2.36. The number of aliphatic imine (C=N–C) groups is 1. The van der Waals surface area contributed by atoms with E-state index in [2.05, 4.69) is 52.0 Å². The summed E-state index contributed by atoms with van der Waals surface area (Å²) in [5, 5.41) is 1.49. The quantitative estimate of drug-likeness (QED) is 0.361. The number of piperazine rings is 1. The Morgan fingerprint density at radius 1 is 0.973 bits per heavy atom. The molecule has 1 fully saturated rings. The van der Waals surface area contributed by atoms with Crippen molar-refractivity contribution in [3.05, 3.63) is 93.3 Å². The van der Waals surface area contributed by atoms with Crippen molar-refractivity contribution in [2.45, 2.75) is 13.5 Å². The summed E-state index contributed by atoms with van der Waals surface area (Å²) in [6.45, 7) is 5.78. The molecule has 190 valence electrons. The van der Waals surface area contributed by atoms with Gasteiger partial charge in [-0.1, -0.05) is 53.6 Å². The van der Waals surface area contributed by atoms with Gasteiger partial charge in [-0.15, -0.1) is 0 Å². The number of hydrogen-bond donors (Lipinski definition) is 0. The Morgan fingerprint density at radius 2 is 1.73 bits per heavy atom. The number of methoxy groups -OCH3 is 1. The number of nitrogens with zero attached hydrogens (tertiary/aromatic N) is 3. The van der Waals surface area contributed by atoms with Gasteiger partial charge in [0.2, 0.25) is 0 Å². The molecule has 3 aromatic carbocycles. The van der Waals surface area contributed by atoms with E-state index in [1.807, 2.05) is 42.5 Å². The predicted octanol–water partition coefficient (Wildman–Crippen LogP) is 6.03.